The third-order valence-corrected chi connectivity index (χ3v) is 13.4. The second kappa shape index (κ2) is 20.1. The maximum absolute atomic E-state index is 17.0. The molecule has 0 radical (unpaired) electrons. The SMILES string of the molecule is C#CCCN(C)[C@H]1C[C@@H](C)O[C@@H](O[C@@H]2[C@@H](C)C(=O)[C@](C)(F)C(=O)O[C@H](CC)[C@@]3(C)OC(=O)N(CCCCn4cnc(-c5cccnc5)c4)C3[C@@H](C)C(=O)[C@H](C)C[C@@]2(C)OC)[C@@H]1O. The van der Waals surface area contributed by atoms with E-state index in [1.807, 2.05) is 41.8 Å². The number of aromatic nitrogens is 3. The van der Waals surface area contributed by atoms with Crippen LogP contribution >= 0.6 is 0 Å². The summed E-state index contributed by atoms with van der Waals surface area (Å²) in [5, 5.41) is 11.7. The zero-order valence-electron chi connectivity index (χ0n) is 37.9. The van der Waals surface area contributed by atoms with Crippen LogP contribution in [0.2, 0.25) is 0 Å². The molecule has 0 bridgehead atoms. The number of methoxy groups -OCH3 is 1. The molecule has 5 rings (SSSR count). The number of Topliss-reactive ketones (excluding diaryl/α,β-unsaturated/α-hetero) is 2. The first-order valence-corrected chi connectivity index (χ1v) is 21.8. The summed E-state index contributed by atoms with van der Waals surface area (Å²) in [5.41, 5.74) is -4.61. The molecule has 0 spiro atoms. The van der Waals surface area contributed by atoms with E-state index >= 15 is 4.39 Å². The summed E-state index contributed by atoms with van der Waals surface area (Å²) in [6.45, 7) is 13.8. The van der Waals surface area contributed by atoms with Gasteiger partial charge >= 0.3 is 12.1 Å². The average Bonchev–Trinajstić information content (AvgIpc) is 3.83. The number of rotatable bonds is 13. The molecule has 3 fully saturated rings. The number of carbonyl (C=O) groups is 4. The quantitative estimate of drug-likeness (QED) is 0.117. The number of hydrogen-bond acceptors (Lipinski definition) is 13. The van der Waals surface area contributed by atoms with Crippen LogP contribution in [0, 0.1) is 30.1 Å². The predicted molar refractivity (Wildman–Crippen MR) is 227 cm³/mol. The molecule has 1 N–H and O–H groups in total. The van der Waals surface area contributed by atoms with Crippen molar-refractivity contribution in [3.05, 3.63) is 37.1 Å². The number of alkyl halides is 1. The van der Waals surface area contributed by atoms with Gasteiger partial charge in [0.05, 0.1) is 35.9 Å². The number of imidazole rings is 1. The molecule has 1 unspecified atom stereocenters. The van der Waals surface area contributed by atoms with Crippen molar-refractivity contribution in [3.63, 3.8) is 0 Å². The molecule has 13 atom stereocenters. The van der Waals surface area contributed by atoms with Crippen LogP contribution in [-0.4, -0.2) is 140 Å². The van der Waals surface area contributed by atoms with Crippen molar-refractivity contribution in [2.45, 2.75) is 160 Å². The van der Waals surface area contributed by atoms with E-state index in [0.29, 0.717) is 38.8 Å². The Morgan fingerprint density at radius 1 is 1.10 bits per heavy atom. The van der Waals surface area contributed by atoms with Gasteiger partial charge in [0.15, 0.2) is 17.7 Å². The molecule has 0 aliphatic carbocycles. The number of halogens is 1. The summed E-state index contributed by atoms with van der Waals surface area (Å²) in [7, 11) is 3.23. The number of ether oxygens (including phenoxy) is 5. The number of aliphatic hydroxyl groups excluding tert-OH is 1. The highest BCUT2D eigenvalue weighted by Crippen LogP contribution is 2.44. The molecular weight excluding hydrogens is 802 g/mol. The van der Waals surface area contributed by atoms with E-state index in [9.17, 15) is 24.3 Å². The van der Waals surface area contributed by atoms with Crippen molar-refractivity contribution in [3.8, 4) is 23.6 Å². The first-order valence-electron chi connectivity index (χ1n) is 21.8. The lowest BCUT2D eigenvalue weighted by molar-refractivity contribution is -0.296. The first kappa shape index (κ1) is 48.8. The van der Waals surface area contributed by atoms with E-state index in [2.05, 4.69) is 15.9 Å². The molecule has 62 heavy (non-hydrogen) atoms. The highest BCUT2D eigenvalue weighted by molar-refractivity contribution is 6.08. The molecule has 1 amide bonds. The van der Waals surface area contributed by atoms with Gasteiger partial charge in [0.2, 0.25) is 0 Å². The van der Waals surface area contributed by atoms with Crippen molar-refractivity contribution in [1.82, 2.24) is 24.3 Å². The standard InChI is InChI=1S/C46H66FN5O10/c1-12-14-20-50(10)34-23-29(4)59-41(37(34)54)61-40-31(6)39(55)45(8,47)42(56)60-35(13-2)46(9)38(30(5)36(53)28(3)24-44(40,7)58-11)52(43(57)62-46)22-16-15-21-51-26-33(49-27-51)32-18-17-19-48-25-32/h1,17-19,25-31,34-35,37-38,40-41,54H,13-16,20-24H2,2-11H3/t28-,29-,30+,31+,34+,35-,37-,38?,40-,41+,44-,45+,46-/m1/s1. The Balaban J connectivity index is 1.45. The molecule has 3 aliphatic rings. The number of pyridine rings is 1. The number of unbranched alkanes of at least 4 members (excludes halogenated alkanes) is 1. The van der Waals surface area contributed by atoms with E-state index in [1.54, 1.807) is 53.3 Å². The Kier molecular flexibility index (Phi) is 15.8. The van der Waals surface area contributed by atoms with Gasteiger partial charge in [0.25, 0.3) is 5.67 Å². The highest BCUT2D eigenvalue weighted by Gasteiger charge is 2.61. The second-order valence-corrected chi connectivity index (χ2v) is 18.0. The van der Waals surface area contributed by atoms with E-state index in [-0.39, 0.29) is 25.2 Å². The smallest absolute Gasteiger partial charge is 0.410 e. The minimum absolute atomic E-state index is 0.0202. The minimum atomic E-state index is -3.20. The molecule has 2 aromatic heterocycles. The average molecular weight is 868 g/mol. The van der Waals surface area contributed by atoms with Crippen LogP contribution in [0.1, 0.15) is 93.9 Å². The number of nitrogens with zero attached hydrogens (tertiary/aromatic N) is 5. The number of fused-ring (bicyclic) bond motifs is 1. The summed E-state index contributed by atoms with van der Waals surface area (Å²) in [5.74, 6) is -3.27. The fraction of sp³-hybridized carbons (Fsp3) is 0.696. The van der Waals surface area contributed by atoms with Gasteiger partial charge in [-0.25, -0.2) is 19.0 Å². The maximum Gasteiger partial charge on any atom is 0.410 e. The van der Waals surface area contributed by atoms with Crippen LogP contribution in [0.25, 0.3) is 11.3 Å². The Bertz CT molecular complexity index is 1920. The highest BCUT2D eigenvalue weighted by atomic mass is 19.1. The molecule has 3 aliphatic heterocycles. The topological polar surface area (TPSA) is 172 Å². The number of aliphatic hydroxyl groups is 1. The summed E-state index contributed by atoms with van der Waals surface area (Å²) >= 11 is 0. The number of hydrogen-bond donors (Lipinski definition) is 1. The summed E-state index contributed by atoms with van der Waals surface area (Å²) < 4.78 is 49.7. The zero-order chi connectivity index (χ0) is 45.7. The van der Waals surface area contributed by atoms with Gasteiger partial charge in [-0.05, 0) is 79.0 Å². The van der Waals surface area contributed by atoms with Crippen molar-refractivity contribution in [1.29, 1.82) is 0 Å². The third kappa shape index (κ3) is 10.1. The number of likely N-dealkylation sites (N-methyl/N-ethyl adjacent to an activating group) is 1. The number of cyclic esters (lactones) is 1. The fourth-order valence-corrected chi connectivity index (χ4v) is 9.77. The van der Waals surface area contributed by atoms with Crippen molar-refractivity contribution in [2.75, 3.05) is 27.2 Å². The summed E-state index contributed by atoms with van der Waals surface area (Å²) in [4.78, 5) is 69.1. The molecule has 16 heteroatoms. The Morgan fingerprint density at radius 3 is 2.45 bits per heavy atom. The van der Waals surface area contributed by atoms with Crippen molar-refractivity contribution < 1.29 is 52.4 Å². The molecular formula is C46H66FN5O10. The van der Waals surface area contributed by atoms with Gasteiger partial charge in [-0.2, -0.15) is 0 Å². The van der Waals surface area contributed by atoms with E-state index in [4.69, 9.17) is 30.1 Å². The predicted octanol–water partition coefficient (Wildman–Crippen LogP) is 5.41. The zero-order valence-corrected chi connectivity index (χ0v) is 37.9. The van der Waals surface area contributed by atoms with Gasteiger partial charge < -0.3 is 38.3 Å². The molecule has 0 aromatic carbocycles. The number of carbonyl (C=O) groups excluding carboxylic acids is 4. The Labute approximate surface area is 365 Å². The van der Waals surface area contributed by atoms with Gasteiger partial charge in [-0.15, -0.1) is 12.3 Å². The Morgan fingerprint density at radius 2 is 1.81 bits per heavy atom. The van der Waals surface area contributed by atoms with Crippen LogP contribution < -0.4 is 0 Å². The Hall–Kier alpha value is -4.27. The largest absolute Gasteiger partial charge is 0.455 e. The van der Waals surface area contributed by atoms with Crippen LogP contribution in [0.3, 0.4) is 0 Å². The van der Waals surface area contributed by atoms with E-state index < -0.39 is 95.3 Å². The van der Waals surface area contributed by atoms with Crippen LogP contribution in [0.4, 0.5) is 9.18 Å². The lowest BCUT2D eigenvalue weighted by Gasteiger charge is -2.47. The number of ketones is 2. The number of esters is 1. The van der Waals surface area contributed by atoms with Gasteiger partial charge in [0.1, 0.15) is 18.0 Å². The van der Waals surface area contributed by atoms with Gasteiger partial charge in [-0.1, -0.05) is 27.7 Å². The lowest BCUT2D eigenvalue weighted by Crippen LogP contribution is -2.62. The number of amides is 1. The summed E-state index contributed by atoms with van der Waals surface area (Å²) in [6.07, 6.45) is 8.58. The van der Waals surface area contributed by atoms with Crippen LogP contribution in [-0.2, 0) is 44.6 Å². The monoisotopic (exact) mass is 867 g/mol. The molecule has 5 heterocycles. The fourth-order valence-electron chi connectivity index (χ4n) is 9.77. The van der Waals surface area contributed by atoms with Crippen molar-refractivity contribution >= 4 is 23.6 Å². The van der Waals surface area contributed by atoms with Crippen molar-refractivity contribution in [2.24, 2.45) is 17.8 Å². The number of aryl methyl sites for hydroxylation is 1. The minimum Gasteiger partial charge on any atom is -0.455 e. The normalized spacial score (nSPS) is 36.2. The molecule has 3 saturated heterocycles. The first-order chi connectivity index (χ1) is 29.2. The number of terminal acetylenes is 1. The molecule has 342 valence electrons. The molecule has 0 saturated carbocycles. The summed E-state index contributed by atoms with van der Waals surface area (Å²) in [6, 6.07) is 2.40. The van der Waals surface area contributed by atoms with Crippen LogP contribution in [0.15, 0.2) is 37.1 Å². The van der Waals surface area contributed by atoms with Gasteiger partial charge in [0, 0.05) is 81.1 Å². The van der Waals surface area contributed by atoms with Crippen LogP contribution in [0.5, 0.6) is 0 Å². The molecule has 15 nitrogen and oxygen atoms in total. The van der Waals surface area contributed by atoms with Gasteiger partial charge in [-0.3, -0.25) is 19.5 Å². The molecule has 2 aromatic rings. The lowest BCUT2D eigenvalue weighted by atomic mass is 9.73. The van der Waals surface area contributed by atoms with E-state index in [0.717, 1.165) is 18.2 Å². The second-order valence-electron chi connectivity index (χ2n) is 18.0. The van der Waals surface area contributed by atoms with E-state index in [1.165, 1.54) is 18.9 Å². The third-order valence-electron chi connectivity index (χ3n) is 13.4. The maximum atomic E-state index is 17.0.